The lowest BCUT2D eigenvalue weighted by molar-refractivity contribution is -0.277. The molecule has 2 aliphatic heterocycles. The summed E-state index contributed by atoms with van der Waals surface area (Å²) in [6, 6.07) is 4.34. The lowest BCUT2D eigenvalue weighted by atomic mass is 9.99. The molecule has 1 fully saturated rings. The van der Waals surface area contributed by atoms with Crippen molar-refractivity contribution in [2.24, 2.45) is 0 Å². The largest absolute Gasteiger partial charge is 0.504 e. The van der Waals surface area contributed by atoms with E-state index in [1.807, 2.05) is 0 Å². The quantitative estimate of drug-likeness (QED) is 0.427. The van der Waals surface area contributed by atoms with Crippen molar-refractivity contribution in [2.75, 3.05) is 6.61 Å². The van der Waals surface area contributed by atoms with Crippen LogP contribution < -0.4 is 4.74 Å². The number of esters is 1. The molecular formula is C17H20O9. The molecule has 0 spiro atoms. The van der Waals surface area contributed by atoms with Crippen LogP contribution in [0.3, 0.4) is 0 Å². The van der Waals surface area contributed by atoms with Gasteiger partial charge in [-0.3, -0.25) is 0 Å². The molecule has 2 heterocycles. The van der Waals surface area contributed by atoms with E-state index in [9.17, 15) is 30.3 Å². The average molecular weight is 368 g/mol. The molecule has 0 aliphatic carbocycles. The molecule has 26 heavy (non-hydrogen) atoms. The van der Waals surface area contributed by atoms with Crippen LogP contribution in [0.5, 0.6) is 11.5 Å². The Kier molecular flexibility index (Phi) is 5.44. The average Bonchev–Trinajstić information content (AvgIpc) is 2.63. The number of hydrogen-bond donors (Lipinski definition) is 5. The van der Waals surface area contributed by atoms with E-state index in [0.29, 0.717) is 12.0 Å². The molecule has 9 heteroatoms. The maximum absolute atomic E-state index is 11.3. The normalized spacial score (nSPS) is 34.4. The summed E-state index contributed by atoms with van der Waals surface area (Å²) in [5, 5.41) is 48.8. The first kappa shape index (κ1) is 18.6. The fraction of sp³-hybridized carbons (Fsp3) is 0.471. The Labute approximate surface area is 148 Å². The SMILES string of the molecule is O=C1C=CC[C@@H](c2ccc(O[C@@H]3O[C@H](CO)[C@@H](O)[C@H](O)[C@H]3O)c(O)c2)O1. The number of hydrogen-bond acceptors (Lipinski definition) is 9. The zero-order valence-electron chi connectivity index (χ0n) is 13.6. The predicted molar refractivity (Wildman–Crippen MR) is 85.1 cm³/mol. The summed E-state index contributed by atoms with van der Waals surface area (Å²) in [5.74, 6) is -0.803. The van der Waals surface area contributed by atoms with Gasteiger partial charge in [0.05, 0.1) is 6.61 Å². The molecule has 0 radical (unpaired) electrons. The van der Waals surface area contributed by atoms with Crippen LogP contribution in [0.1, 0.15) is 18.1 Å². The predicted octanol–water partition coefficient (Wildman–Crippen LogP) is -0.885. The van der Waals surface area contributed by atoms with Gasteiger partial charge in [0.25, 0.3) is 0 Å². The molecular weight excluding hydrogens is 348 g/mol. The highest BCUT2D eigenvalue weighted by atomic mass is 16.7. The Balaban J connectivity index is 1.74. The number of aliphatic hydroxyl groups is 4. The van der Waals surface area contributed by atoms with E-state index < -0.39 is 49.4 Å². The second-order valence-electron chi connectivity index (χ2n) is 6.11. The third kappa shape index (κ3) is 3.67. The van der Waals surface area contributed by atoms with Crippen molar-refractivity contribution in [2.45, 2.75) is 43.2 Å². The monoisotopic (exact) mass is 368 g/mol. The van der Waals surface area contributed by atoms with Crippen molar-refractivity contribution in [1.82, 2.24) is 0 Å². The number of aliphatic hydroxyl groups excluding tert-OH is 4. The second-order valence-corrected chi connectivity index (χ2v) is 6.11. The number of benzene rings is 1. The number of carbonyl (C=O) groups excluding carboxylic acids is 1. The molecule has 3 rings (SSSR count). The van der Waals surface area contributed by atoms with E-state index >= 15 is 0 Å². The highest BCUT2D eigenvalue weighted by Crippen LogP contribution is 2.35. The first-order valence-electron chi connectivity index (χ1n) is 8.08. The summed E-state index contributed by atoms with van der Waals surface area (Å²) in [5.41, 5.74) is 0.557. The number of ether oxygens (including phenoxy) is 3. The molecule has 0 bridgehead atoms. The van der Waals surface area contributed by atoms with Crippen LogP contribution in [0, 0.1) is 0 Å². The van der Waals surface area contributed by atoms with Crippen LogP contribution in [-0.2, 0) is 14.3 Å². The van der Waals surface area contributed by atoms with Gasteiger partial charge in [0.2, 0.25) is 6.29 Å². The summed E-state index contributed by atoms with van der Waals surface area (Å²) in [7, 11) is 0. The van der Waals surface area contributed by atoms with Gasteiger partial charge in [0.15, 0.2) is 11.5 Å². The minimum absolute atomic E-state index is 0.0456. The second kappa shape index (κ2) is 7.60. The fourth-order valence-electron chi connectivity index (χ4n) is 2.84. The minimum Gasteiger partial charge on any atom is -0.504 e. The first-order valence-corrected chi connectivity index (χ1v) is 8.08. The number of phenolic OH excluding ortho intramolecular Hbond substituents is 1. The third-order valence-corrected chi connectivity index (χ3v) is 4.31. The number of phenols is 1. The summed E-state index contributed by atoms with van der Waals surface area (Å²) in [4.78, 5) is 11.3. The van der Waals surface area contributed by atoms with Crippen molar-refractivity contribution >= 4 is 5.97 Å². The number of rotatable bonds is 4. The van der Waals surface area contributed by atoms with Gasteiger partial charge >= 0.3 is 5.97 Å². The highest BCUT2D eigenvalue weighted by Gasteiger charge is 2.44. The minimum atomic E-state index is -1.59. The third-order valence-electron chi connectivity index (χ3n) is 4.31. The fourth-order valence-corrected chi connectivity index (χ4v) is 2.84. The van der Waals surface area contributed by atoms with E-state index in [2.05, 4.69) is 0 Å². The summed E-state index contributed by atoms with van der Waals surface area (Å²) < 4.78 is 15.8. The van der Waals surface area contributed by atoms with Gasteiger partial charge in [0.1, 0.15) is 30.5 Å². The maximum atomic E-state index is 11.3. The molecule has 0 saturated carbocycles. The van der Waals surface area contributed by atoms with Gasteiger partial charge in [-0.25, -0.2) is 4.79 Å². The van der Waals surface area contributed by atoms with Crippen LogP contribution in [0.25, 0.3) is 0 Å². The van der Waals surface area contributed by atoms with E-state index in [1.54, 1.807) is 12.1 Å². The van der Waals surface area contributed by atoms with Gasteiger partial charge in [-0.05, 0) is 17.7 Å². The molecule has 0 amide bonds. The van der Waals surface area contributed by atoms with E-state index in [4.69, 9.17) is 14.2 Å². The van der Waals surface area contributed by atoms with Crippen LogP contribution in [0.2, 0.25) is 0 Å². The van der Waals surface area contributed by atoms with Gasteiger partial charge in [-0.15, -0.1) is 0 Å². The number of cyclic esters (lactones) is 1. The highest BCUT2D eigenvalue weighted by molar-refractivity contribution is 5.82. The Morgan fingerprint density at radius 2 is 1.92 bits per heavy atom. The molecule has 6 atom stereocenters. The Bertz CT molecular complexity index is 687. The topological polar surface area (TPSA) is 146 Å². The summed E-state index contributed by atoms with van der Waals surface area (Å²) in [6.45, 7) is -0.587. The molecule has 2 aliphatic rings. The molecule has 0 aromatic heterocycles. The lowest BCUT2D eigenvalue weighted by Gasteiger charge is -2.39. The van der Waals surface area contributed by atoms with Crippen molar-refractivity contribution in [3.8, 4) is 11.5 Å². The van der Waals surface area contributed by atoms with Gasteiger partial charge in [-0.2, -0.15) is 0 Å². The molecule has 1 aromatic rings. The van der Waals surface area contributed by atoms with E-state index in [1.165, 1.54) is 18.2 Å². The zero-order valence-corrected chi connectivity index (χ0v) is 13.6. The van der Waals surface area contributed by atoms with E-state index in [0.717, 1.165) is 0 Å². The van der Waals surface area contributed by atoms with Crippen molar-refractivity contribution in [3.05, 3.63) is 35.9 Å². The van der Waals surface area contributed by atoms with E-state index in [-0.39, 0.29) is 11.5 Å². The van der Waals surface area contributed by atoms with Crippen LogP contribution in [0.15, 0.2) is 30.4 Å². The molecule has 0 unspecified atom stereocenters. The smallest absolute Gasteiger partial charge is 0.331 e. The van der Waals surface area contributed by atoms with Crippen molar-refractivity contribution in [3.63, 3.8) is 0 Å². The van der Waals surface area contributed by atoms with Gasteiger partial charge in [-0.1, -0.05) is 12.1 Å². The molecule has 5 N–H and O–H groups in total. The number of carbonyl (C=O) groups is 1. The Morgan fingerprint density at radius 3 is 2.58 bits per heavy atom. The van der Waals surface area contributed by atoms with Gasteiger partial charge in [0, 0.05) is 12.5 Å². The molecule has 9 nitrogen and oxygen atoms in total. The molecule has 1 aromatic carbocycles. The standard InChI is InChI=1S/C17H20O9/c18-7-12-14(21)15(22)16(23)17(26-12)25-11-5-4-8(6-9(11)19)10-2-1-3-13(20)24-10/h1,3-6,10,12,14-19,21-23H,2,7H2/t10-,12+,14+,15-,16+,17+/m0/s1. The number of aromatic hydroxyl groups is 1. The Morgan fingerprint density at radius 1 is 1.15 bits per heavy atom. The first-order chi connectivity index (χ1) is 12.4. The van der Waals surface area contributed by atoms with Gasteiger partial charge < -0.3 is 39.7 Å². The van der Waals surface area contributed by atoms with Crippen molar-refractivity contribution in [1.29, 1.82) is 0 Å². The molecule has 142 valence electrons. The summed E-state index contributed by atoms with van der Waals surface area (Å²) >= 11 is 0. The maximum Gasteiger partial charge on any atom is 0.331 e. The van der Waals surface area contributed by atoms with Crippen LogP contribution in [0.4, 0.5) is 0 Å². The summed E-state index contributed by atoms with van der Waals surface area (Å²) in [6.07, 6.45) is -4.25. The Hall–Kier alpha value is -2.17. The lowest BCUT2D eigenvalue weighted by Crippen LogP contribution is -2.60. The zero-order chi connectivity index (χ0) is 18.8. The van der Waals surface area contributed by atoms with Crippen LogP contribution in [-0.4, -0.2) is 68.8 Å². The molecule has 1 saturated heterocycles. The van der Waals surface area contributed by atoms with Crippen LogP contribution >= 0.6 is 0 Å². The van der Waals surface area contributed by atoms with Crippen molar-refractivity contribution < 1.29 is 44.5 Å².